The van der Waals surface area contributed by atoms with Gasteiger partial charge in [0, 0.05) is 13.0 Å². The van der Waals surface area contributed by atoms with E-state index in [-0.39, 0.29) is 25.1 Å². The Balaban J connectivity index is 1.52. The number of hydrogen-bond donors (Lipinski definition) is 5. The van der Waals surface area contributed by atoms with E-state index in [9.17, 15) is 29.4 Å². The summed E-state index contributed by atoms with van der Waals surface area (Å²) in [5.74, 6) is -2.54. The lowest BCUT2D eigenvalue weighted by Crippen LogP contribution is -2.53. The molecule has 1 fully saturated rings. The lowest BCUT2D eigenvalue weighted by atomic mass is 10.1. The Morgan fingerprint density at radius 1 is 1.00 bits per heavy atom. The zero-order valence-corrected chi connectivity index (χ0v) is 19.2. The number of carbonyl (C=O) groups is 4. The molecule has 3 atom stereocenters. The van der Waals surface area contributed by atoms with Gasteiger partial charge in [0.25, 0.3) is 0 Å². The van der Waals surface area contributed by atoms with Crippen LogP contribution in [0.25, 0.3) is 0 Å². The molecule has 0 radical (unpaired) electrons. The second kappa shape index (κ2) is 12.0. The maximum atomic E-state index is 12.8. The molecule has 1 heterocycles. The number of phenolic OH excluding ortho intramolecular Hbond substituents is 1. The van der Waals surface area contributed by atoms with Crippen LogP contribution in [-0.2, 0) is 32.0 Å². The molecule has 3 rings (SSSR count). The molecule has 1 aliphatic heterocycles. The lowest BCUT2D eigenvalue weighted by Gasteiger charge is -2.26. The summed E-state index contributed by atoms with van der Waals surface area (Å²) in [6, 6.07) is 12.4. The van der Waals surface area contributed by atoms with Crippen molar-refractivity contribution in [1.29, 1.82) is 0 Å². The number of carboxylic acids is 1. The Hall–Kier alpha value is -3.92. The molecule has 0 saturated carbocycles. The highest BCUT2D eigenvalue weighted by atomic mass is 16.4. The number of aromatic hydroxyl groups is 1. The van der Waals surface area contributed by atoms with Crippen molar-refractivity contribution in [3.05, 3.63) is 65.7 Å². The van der Waals surface area contributed by atoms with Crippen LogP contribution in [0.5, 0.6) is 5.75 Å². The smallest absolute Gasteiger partial charge is 0.326 e. The van der Waals surface area contributed by atoms with Crippen LogP contribution in [0.4, 0.5) is 0 Å². The van der Waals surface area contributed by atoms with Gasteiger partial charge in [0.05, 0.1) is 12.6 Å². The van der Waals surface area contributed by atoms with Crippen molar-refractivity contribution in [2.45, 2.75) is 43.8 Å². The first-order valence-electron chi connectivity index (χ1n) is 11.4. The van der Waals surface area contributed by atoms with E-state index in [4.69, 9.17) is 5.73 Å². The van der Waals surface area contributed by atoms with Gasteiger partial charge in [-0.25, -0.2) is 4.79 Å². The highest BCUT2D eigenvalue weighted by Gasteiger charge is 2.36. The van der Waals surface area contributed by atoms with Crippen LogP contribution in [0.1, 0.15) is 24.0 Å². The molecule has 2 aromatic carbocycles. The first kappa shape index (κ1) is 25.7. The van der Waals surface area contributed by atoms with E-state index in [2.05, 4.69) is 10.6 Å². The predicted octanol–water partition coefficient (Wildman–Crippen LogP) is 0.181. The zero-order valence-electron chi connectivity index (χ0n) is 19.2. The third-order valence-electron chi connectivity index (χ3n) is 5.92. The minimum Gasteiger partial charge on any atom is -0.508 e. The number of carboxylic acid groups (broad SMARTS) is 1. The SMILES string of the molecule is N[C@H](Cc1ccc(O)cc1)C(=O)NCC(=O)N1CCC[C@H]1C(=O)N[C@H](Cc1ccccc1)C(=O)O. The summed E-state index contributed by atoms with van der Waals surface area (Å²) in [6.45, 7) is 0.0149. The zero-order chi connectivity index (χ0) is 25.4. The first-order valence-corrected chi connectivity index (χ1v) is 11.4. The number of amides is 3. The van der Waals surface area contributed by atoms with Crippen LogP contribution < -0.4 is 16.4 Å². The van der Waals surface area contributed by atoms with Gasteiger partial charge in [0.2, 0.25) is 17.7 Å². The topological polar surface area (TPSA) is 162 Å². The van der Waals surface area contributed by atoms with Gasteiger partial charge in [-0.3, -0.25) is 14.4 Å². The van der Waals surface area contributed by atoms with Crippen LogP contribution >= 0.6 is 0 Å². The fourth-order valence-corrected chi connectivity index (χ4v) is 4.03. The Labute approximate surface area is 203 Å². The number of nitrogens with two attached hydrogens (primary N) is 1. The van der Waals surface area contributed by atoms with Crippen molar-refractivity contribution in [2.75, 3.05) is 13.1 Å². The number of phenols is 1. The molecule has 1 saturated heterocycles. The summed E-state index contributed by atoms with van der Waals surface area (Å²) in [6.07, 6.45) is 1.35. The minimum absolute atomic E-state index is 0.108. The molecule has 35 heavy (non-hydrogen) atoms. The standard InChI is InChI=1S/C25H30N4O6/c26-19(13-17-8-10-18(30)11-9-17)23(32)27-15-22(31)29-12-4-7-21(29)24(33)28-20(25(34)35)14-16-5-2-1-3-6-16/h1-3,5-6,8-11,19-21,30H,4,7,12-15,26H2,(H,27,32)(H,28,33)(H,34,35)/t19-,20-,21+/m1/s1. The molecule has 10 heteroatoms. The lowest BCUT2D eigenvalue weighted by molar-refractivity contribution is -0.144. The Morgan fingerprint density at radius 3 is 2.31 bits per heavy atom. The van der Waals surface area contributed by atoms with E-state index in [0.29, 0.717) is 19.4 Å². The molecular formula is C25H30N4O6. The summed E-state index contributed by atoms with van der Waals surface area (Å²) >= 11 is 0. The number of benzene rings is 2. The van der Waals surface area contributed by atoms with Crippen molar-refractivity contribution in [3.8, 4) is 5.75 Å². The van der Waals surface area contributed by atoms with E-state index in [1.807, 2.05) is 6.07 Å². The van der Waals surface area contributed by atoms with Crippen LogP contribution in [0.2, 0.25) is 0 Å². The van der Waals surface area contributed by atoms with E-state index in [1.54, 1.807) is 36.4 Å². The van der Waals surface area contributed by atoms with Gasteiger partial charge in [-0.2, -0.15) is 0 Å². The van der Waals surface area contributed by atoms with Gasteiger partial charge in [0.15, 0.2) is 0 Å². The van der Waals surface area contributed by atoms with Crippen molar-refractivity contribution in [1.82, 2.24) is 15.5 Å². The molecule has 0 bridgehead atoms. The molecule has 1 aliphatic rings. The average Bonchev–Trinajstić information content (AvgIpc) is 3.34. The fourth-order valence-electron chi connectivity index (χ4n) is 4.03. The fraction of sp³-hybridized carbons (Fsp3) is 0.360. The summed E-state index contributed by atoms with van der Waals surface area (Å²) in [7, 11) is 0. The molecule has 0 aromatic heterocycles. The average molecular weight is 483 g/mol. The molecule has 0 unspecified atom stereocenters. The van der Waals surface area contributed by atoms with Gasteiger partial charge < -0.3 is 31.5 Å². The molecule has 10 nitrogen and oxygen atoms in total. The monoisotopic (exact) mass is 482 g/mol. The normalized spacial score (nSPS) is 16.8. The number of likely N-dealkylation sites (tertiary alicyclic amines) is 1. The van der Waals surface area contributed by atoms with Crippen molar-refractivity contribution < 1.29 is 29.4 Å². The maximum absolute atomic E-state index is 12.8. The van der Waals surface area contributed by atoms with Crippen LogP contribution in [-0.4, -0.2) is 70.0 Å². The highest BCUT2D eigenvalue weighted by Crippen LogP contribution is 2.18. The largest absolute Gasteiger partial charge is 0.508 e. The summed E-state index contributed by atoms with van der Waals surface area (Å²) < 4.78 is 0. The third-order valence-corrected chi connectivity index (χ3v) is 5.92. The molecule has 2 aromatic rings. The van der Waals surface area contributed by atoms with Crippen LogP contribution in [0, 0.1) is 0 Å². The minimum atomic E-state index is -1.16. The number of rotatable bonds is 10. The molecular weight excluding hydrogens is 452 g/mol. The Kier molecular flexibility index (Phi) is 8.80. The van der Waals surface area contributed by atoms with E-state index in [1.165, 1.54) is 17.0 Å². The molecule has 3 amide bonds. The summed E-state index contributed by atoms with van der Waals surface area (Å²) in [5.41, 5.74) is 7.46. The molecule has 0 spiro atoms. The number of carbonyl (C=O) groups excluding carboxylic acids is 3. The number of nitrogens with one attached hydrogen (secondary N) is 2. The van der Waals surface area contributed by atoms with Gasteiger partial charge in [-0.15, -0.1) is 0 Å². The number of hydrogen-bond acceptors (Lipinski definition) is 6. The predicted molar refractivity (Wildman–Crippen MR) is 127 cm³/mol. The van der Waals surface area contributed by atoms with Gasteiger partial charge in [0.1, 0.15) is 17.8 Å². The number of aliphatic carboxylic acids is 1. The third kappa shape index (κ3) is 7.28. The quantitative estimate of drug-likeness (QED) is 0.323. The molecule has 186 valence electrons. The van der Waals surface area contributed by atoms with E-state index < -0.39 is 41.8 Å². The maximum Gasteiger partial charge on any atom is 0.326 e. The Morgan fingerprint density at radius 2 is 1.66 bits per heavy atom. The number of nitrogens with zero attached hydrogens (tertiary/aromatic N) is 1. The van der Waals surface area contributed by atoms with Crippen molar-refractivity contribution in [3.63, 3.8) is 0 Å². The van der Waals surface area contributed by atoms with Gasteiger partial charge in [-0.05, 0) is 42.5 Å². The molecule has 6 N–H and O–H groups in total. The van der Waals surface area contributed by atoms with E-state index in [0.717, 1.165) is 11.1 Å². The van der Waals surface area contributed by atoms with Crippen LogP contribution in [0.3, 0.4) is 0 Å². The Bertz CT molecular complexity index is 1040. The first-order chi connectivity index (χ1) is 16.7. The van der Waals surface area contributed by atoms with Crippen molar-refractivity contribution in [2.24, 2.45) is 5.73 Å². The van der Waals surface area contributed by atoms with Crippen molar-refractivity contribution >= 4 is 23.7 Å². The van der Waals surface area contributed by atoms with Crippen LogP contribution in [0.15, 0.2) is 54.6 Å². The van der Waals surface area contributed by atoms with Gasteiger partial charge >= 0.3 is 5.97 Å². The second-order valence-electron chi connectivity index (χ2n) is 8.53. The highest BCUT2D eigenvalue weighted by molar-refractivity contribution is 5.93. The van der Waals surface area contributed by atoms with Gasteiger partial charge in [-0.1, -0.05) is 42.5 Å². The summed E-state index contributed by atoms with van der Waals surface area (Å²) in [4.78, 5) is 51.0. The van der Waals surface area contributed by atoms with E-state index >= 15 is 0 Å². The molecule has 0 aliphatic carbocycles. The summed E-state index contributed by atoms with van der Waals surface area (Å²) in [5, 5.41) is 24.0. The second-order valence-corrected chi connectivity index (χ2v) is 8.53.